The molecule has 3 heteroatoms. The summed E-state index contributed by atoms with van der Waals surface area (Å²) in [7, 11) is 0. The summed E-state index contributed by atoms with van der Waals surface area (Å²) in [4.78, 5) is 11.1. The first-order valence-corrected chi connectivity index (χ1v) is 7.24. The van der Waals surface area contributed by atoms with E-state index >= 15 is 0 Å². The highest BCUT2D eigenvalue weighted by atomic mass is 16.5. The van der Waals surface area contributed by atoms with E-state index in [-0.39, 0.29) is 5.92 Å². The fourth-order valence-corrected chi connectivity index (χ4v) is 2.77. The molecule has 0 saturated heterocycles. The summed E-state index contributed by atoms with van der Waals surface area (Å²) in [5, 5.41) is 9.15. The van der Waals surface area contributed by atoms with Crippen LogP contribution in [0.1, 0.15) is 23.1 Å². The van der Waals surface area contributed by atoms with Crippen LogP contribution in [-0.2, 0) is 24.2 Å². The number of carboxylic acid groups (broad SMARTS) is 1. The number of carbonyl (C=O) groups is 1. The molecule has 0 aromatic heterocycles. The molecule has 0 fully saturated rings. The van der Waals surface area contributed by atoms with E-state index in [2.05, 4.69) is 6.07 Å². The molecule has 108 valence electrons. The maximum Gasteiger partial charge on any atom is 0.306 e. The van der Waals surface area contributed by atoms with Crippen molar-refractivity contribution in [3.63, 3.8) is 0 Å². The van der Waals surface area contributed by atoms with Gasteiger partial charge in [0.15, 0.2) is 0 Å². The minimum absolute atomic E-state index is 0.262. The zero-order valence-electron chi connectivity index (χ0n) is 11.8. The van der Waals surface area contributed by atoms with Crippen LogP contribution in [0.2, 0.25) is 0 Å². The Morgan fingerprint density at radius 3 is 2.71 bits per heavy atom. The molecule has 0 spiro atoms. The minimum Gasteiger partial charge on any atom is -0.489 e. The number of aliphatic carboxylic acids is 1. The van der Waals surface area contributed by atoms with Crippen molar-refractivity contribution in [3.8, 4) is 5.75 Å². The summed E-state index contributed by atoms with van der Waals surface area (Å²) in [5.74, 6) is -0.151. The number of hydrogen-bond acceptors (Lipinski definition) is 2. The van der Waals surface area contributed by atoms with Gasteiger partial charge in [-0.2, -0.15) is 0 Å². The smallest absolute Gasteiger partial charge is 0.306 e. The van der Waals surface area contributed by atoms with E-state index < -0.39 is 5.97 Å². The Kier molecular flexibility index (Phi) is 3.91. The normalized spacial score (nSPS) is 17.0. The quantitative estimate of drug-likeness (QED) is 0.934. The Balaban J connectivity index is 1.71. The van der Waals surface area contributed by atoms with Gasteiger partial charge < -0.3 is 9.84 Å². The molecule has 0 aliphatic heterocycles. The third-order valence-electron chi connectivity index (χ3n) is 4.00. The molecule has 21 heavy (non-hydrogen) atoms. The second kappa shape index (κ2) is 6.00. The predicted molar refractivity (Wildman–Crippen MR) is 80.4 cm³/mol. The number of aryl methyl sites for hydroxylation is 1. The van der Waals surface area contributed by atoms with Crippen molar-refractivity contribution < 1.29 is 14.6 Å². The van der Waals surface area contributed by atoms with E-state index in [0.29, 0.717) is 13.0 Å². The number of carboxylic acids is 1. The van der Waals surface area contributed by atoms with Crippen LogP contribution in [0.25, 0.3) is 0 Å². The molecule has 1 aliphatic rings. The van der Waals surface area contributed by atoms with Gasteiger partial charge in [-0.1, -0.05) is 36.4 Å². The molecular formula is C18H18O3. The SMILES string of the molecule is O=C(O)C1CCc2ccc(OCc3ccccc3)cc2C1. The Bertz CT molecular complexity index is 634. The van der Waals surface area contributed by atoms with Gasteiger partial charge >= 0.3 is 5.97 Å². The zero-order chi connectivity index (χ0) is 14.7. The molecule has 1 N–H and O–H groups in total. The summed E-state index contributed by atoms with van der Waals surface area (Å²) in [6.07, 6.45) is 2.17. The van der Waals surface area contributed by atoms with Crippen molar-refractivity contribution in [2.45, 2.75) is 25.9 Å². The van der Waals surface area contributed by atoms with E-state index in [4.69, 9.17) is 9.84 Å². The van der Waals surface area contributed by atoms with Crippen LogP contribution in [0.4, 0.5) is 0 Å². The lowest BCUT2D eigenvalue weighted by Gasteiger charge is -2.22. The molecule has 1 atom stereocenters. The van der Waals surface area contributed by atoms with E-state index in [9.17, 15) is 4.79 Å². The summed E-state index contributed by atoms with van der Waals surface area (Å²) < 4.78 is 5.81. The predicted octanol–water partition coefficient (Wildman–Crippen LogP) is 3.46. The third-order valence-corrected chi connectivity index (χ3v) is 4.00. The third kappa shape index (κ3) is 3.24. The lowest BCUT2D eigenvalue weighted by molar-refractivity contribution is -0.142. The fourth-order valence-electron chi connectivity index (χ4n) is 2.77. The molecule has 2 aromatic rings. The van der Waals surface area contributed by atoms with Gasteiger partial charge in [-0.25, -0.2) is 0 Å². The average molecular weight is 282 g/mol. The number of rotatable bonds is 4. The number of benzene rings is 2. The van der Waals surface area contributed by atoms with Gasteiger partial charge in [0.05, 0.1) is 5.92 Å². The lowest BCUT2D eigenvalue weighted by Crippen LogP contribution is -2.22. The molecule has 0 saturated carbocycles. The first kappa shape index (κ1) is 13.7. The van der Waals surface area contributed by atoms with Crippen LogP contribution in [0, 0.1) is 5.92 Å². The van der Waals surface area contributed by atoms with Crippen molar-refractivity contribution >= 4 is 5.97 Å². The van der Waals surface area contributed by atoms with Crippen molar-refractivity contribution in [1.82, 2.24) is 0 Å². The number of hydrogen-bond donors (Lipinski definition) is 1. The minimum atomic E-state index is -0.698. The monoisotopic (exact) mass is 282 g/mol. The summed E-state index contributed by atoms with van der Waals surface area (Å²) in [5.41, 5.74) is 3.48. The molecule has 1 unspecified atom stereocenters. The zero-order valence-corrected chi connectivity index (χ0v) is 11.8. The maximum absolute atomic E-state index is 11.1. The Morgan fingerprint density at radius 2 is 1.95 bits per heavy atom. The largest absolute Gasteiger partial charge is 0.489 e. The van der Waals surface area contributed by atoms with Crippen LogP contribution in [0.5, 0.6) is 5.75 Å². The van der Waals surface area contributed by atoms with Gasteiger partial charge in [0.25, 0.3) is 0 Å². The highest BCUT2D eigenvalue weighted by molar-refractivity contribution is 5.71. The van der Waals surface area contributed by atoms with Gasteiger partial charge in [0.2, 0.25) is 0 Å². The van der Waals surface area contributed by atoms with Crippen LogP contribution in [0.3, 0.4) is 0 Å². The van der Waals surface area contributed by atoms with E-state index in [1.807, 2.05) is 42.5 Å². The first-order valence-electron chi connectivity index (χ1n) is 7.24. The number of fused-ring (bicyclic) bond motifs is 1. The lowest BCUT2D eigenvalue weighted by atomic mass is 9.84. The van der Waals surface area contributed by atoms with Crippen molar-refractivity contribution in [3.05, 3.63) is 65.2 Å². The molecular weight excluding hydrogens is 264 g/mol. The van der Waals surface area contributed by atoms with Crippen LogP contribution in [-0.4, -0.2) is 11.1 Å². The van der Waals surface area contributed by atoms with Gasteiger partial charge in [-0.15, -0.1) is 0 Å². The summed E-state index contributed by atoms with van der Waals surface area (Å²) in [6.45, 7) is 0.530. The van der Waals surface area contributed by atoms with E-state index in [1.165, 1.54) is 5.56 Å². The summed E-state index contributed by atoms with van der Waals surface area (Å²) >= 11 is 0. The van der Waals surface area contributed by atoms with E-state index in [0.717, 1.165) is 29.7 Å². The second-order valence-corrected chi connectivity index (χ2v) is 5.48. The molecule has 0 radical (unpaired) electrons. The number of ether oxygens (including phenoxy) is 1. The van der Waals surface area contributed by atoms with Crippen LogP contribution >= 0.6 is 0 Å². The standard InChI is InChI=1S/C18H18O3/c19-18(20)15-7-6-14-8-9-17(11-16(14)10-15)21-12-13-4-2-1-3-5-13/h1-5,8-9,11,15H,6-7,10,12H2,(H,19,20). The molecule has 0 bridgehead atoms. The van der Waals surface area contributed by atoms with Crippen molar-refractivity contribution in [2.24, 2.45) is 5.92 Å². The van der Waals surface area contributed by atoms with Crippen LogP contribution < -0.4 is 4.74 Å². The summed E-state index contributed by atoms with van der Waals surface area (Å²) in [6, 6.07) is 16.0. The molecule has 0 heterocycles. The fraction of sp³-hybridized carbons (Fsp3) is 0.278. The van der Waals surface area contributed by atoms with Gasteiger partial charge in [0.1, 0.15) is 12.4 Å². The first-order chi connectivity index (χ1) is 10.2. The maximum atomic E-state index is 11.1. The van der Waals surface area contributed by atoms with Gasteiger partial charge in [0, 0.05) is 0 Å². The molecule has 3 nitrogen and oxygen atoms in total. The Hall–Kier alpha value is -2.29. The Morgan fingerprint density at radius 1 is 1.14 bits per heavy atom. The van der Waals surface area contributed by atoms with Gasteiger partial charge in [-0.3, -0.25) is 4.79 Å². The average Bonchev–Trinajstić information content (AvgIpc) is 2.53. The highest BCUT2D eigenvalue weighted by Crippen LogP contribution is 2.29. The highest BCUT2D eigenvalue weighted by Gasteiger charge is 2.24. The topological polar surface area (TPSA) is 46.5 Å². The molecule has 0 amide bonds. The molecule has 2 aromatic carbocycles. The molecule has 3 rings (SSSR count). The van der Waals surface area contributed by atoms with Crippen molar-refractivity contribution in [1.29, 1.82) is 0 Å². The second-order valence-electron chi connectivity index (χ2n) is 5.48. The Labute approximate surface area is 124 Å². The van der Waals surface area contributed by atoms with Crippen LogP contribution in [0.15, 0.2) is 48.5 Å². The van der Waals surface area contributed by atoms with Crippen molar-refractivity contribution in [2.75, 3.05) is 0 Å². The molecule has 1 aliphatic carbocycles. The van der Waals surface area contributed by atoms with E-state index in [1.54, 1.807) is 0 Å². The van der Waals surface area contributed by atoms with Gasteiger partial charge in [-0.05, 0) is 48.1 Å².